The van der Waals surface area contributed by atoms with Gasteiger partial charge in [-0.2, -0.15) is 0 Å². The molecule has 0 unspecified atom stereocenters. The summed E-state index contributed by atoms with van der Waals surface area (Å²) < 4.78 is 0. The number of benzene rings is 1. The van der Waals surface area contributed by atoms with Crippen LogP contribution in [0.1, 0.15) is 32.6 Å². The summed E-state index contributed by atoms with van der Waals surface area (Å²) in [6, 6.07) is 8.80. The van der Waals surface area contributed by atoms with Crippen molar-refractivity contribution in [1.82, 2.24) is 4.98 Å². The van der Waals surface area contributed by atoms with Crippen LogP contribution in [0.5, 0.6) is 0 Å². The summed E-state index contributed by atoms with van der Waals surface area (Å²) in [5.74, 6) is 0.873. The molecule has 1 fully saturated rings. The number of rotatable bonds is 2. The molecule has 0 saturated heterocycles. The van der Waals surface area contributed by atoms with E-state index in [1.54, 1.807) is 0 Å². The summed E-state index contributed by atoms with van der Waals surface area (Å²) in [6.07, 6.45) is 6.99. The topological polar surface area (TPSA) is 42.2 Å². The van der Waals surface area contributed by atoms with Gasteiger partial charge in [-0.25, -0.2) is 0 Å². The number of aromatic nitrogens is 1. The van der Waals surface area contributed by atoms with Crippen LogP contribution in [-0.4, -0.2) is 18.1 Å². The molecule has 0 bridgehead atoms. The average molecular weight is 269 g/mol. The van der Waals surface area contributed by atoms with E-state index < -0.39 is 0 Å². The molecule has 20 heavy (non-hydrogen) atoms. The molecule has 1 aliphatic carbocycles. The maximum Gasteiger partial charge on any atom is 0.0724 e. The van der Waals surface area contributed by atoms with Gasteiger partial charge in [0.15, 0.2) is 0 Å². The second-order valence-electron chi connectivity index (χ2n) is 6.09. The van der Waals surface area contributed by atoms with Crippen molar-refractivity contribution in [3.8, 4) is 0 Å². The lowest BCUT2D eigenvalue weighted by molar-refractivity contribution is 0.341. The van der Waals surface area contributed by atoms with Gasteiger partial charge in [0.2, 0.25) is 0 Å². The highest BCUT2D eigenvalue weighted by Gasteiger charge is 2.23. The van der Waals surface area contributed by atoms with Crippen LogP contribution >= 0.6 is 0 Å². The fourth-order valence-electron chi connectivity index (χ4n) is 3.30. The van der Waals surface area contributed by atoms with E-state index in [0.717, 1.165) is 28.2 Å². The lowest BCUT2D eigenvalue weighted by atomic mass is 9.86. The first-order valence-corrected chi connectivity index (χ1v) is 7.53. The molecule has 1 saturated carbocycles. The van der Waals surface area contributed by atoms with Crippen molar-refractivity contribution in [1.29, 1.82) is 0 Å². The molecule has 2 N–H and O–H groups in total. The first-order valence-electron chi connectivity index (χ1n) is 7.53. The average Bonchev–Trinajstić information content (AvgIpc) is 2.48. The van der Waals surface area contributed by atoms with Crippen molar-refractivity contribution >= 4 is 22.3 Å². The Hall–Kier alpha value is -1.77. The Kier molecular flexibility index (Phi) is 3.51. The molecule has 1 aliphatic rings. The fourth-order valence-corrected chi connectivity index (χ4v) is 3.30. The Morgan fingerprint density at radius 1 is 1.15 bits per heavy atom. The third kappa shape index (κ3) is 2.33. The van der Waals surface area contributed by atoms with Gasteiger partial charge in [-0.3, -0.25) is 4.98 Å². The molecule has 1 heterocycles. The Bertz CT molecular complexity index is 600. The van der Waals surface area contributed by atoms with Crippen molar-refractivity contribution in [2.75, 3.05) is 17.7 Å². The molecule has 0 atom stereocenters. The minimum atomic E-state index is 0.614. The molecule has 0 aliphatic heterocycles. The van der Waals surface area contributed by atoms with Crippen LogP contribution in [0.4, 0.5) is 11.4 Å². The van der Waals surface area contributed by atoms with Gasteiger partial charge in [0, 0.05) is 24.7 Å². The molecule has 0 amide bonds. The van der Waals surface area contributed by atoms with E-state index in [9.17, 15) is 0 Å². The second kappa shape index (κ2) is 5.31. The number of hydrogen-bond donors (Lipinski definition) is 1. The number of nitrogens with zero attached hydrogens (tertiary/aromatic N) is 2. The van der Waals surface area contributed by atoms with Crippen molar-refractivity contribution in [2.24, 2.45) is 5.92 Å². The van der Waals surface area contributed by atoms with Crippen LogP contribution in [0.25, 0.3) is 10.9 Å². The summed E-state index contributed by atoms with van der Waals surface area (Å²) in [5, 5.41) is 1.06. The maximum atomic E-state index is 6.37. The van der Waals surface area contributed by atoms with Gasteiger partial charge in [0.25, 0.3) is 0 Å². The van der Waals surface area contributed by atoms with E-state index in [-0.39, 0.29) is 0 Å². The first-order chi connectivity index (χ1) is 9.66. The predicted octanol–water partition coefficient (Wildman–Crippen LogP) is 3.83. The quantitative estimate of drug-likeness (QED) is 0.842. The van der Waals surface area contributed by atoms with Gasteiger partial charge in [0.05, 0.1) is 16.9 Å². The molecule has 3 rings (SSSR count). The molecule has 0 spiro atoms. The molecule has 106 valence electrons. The van der Waals surface area contributed by atoms with Gasteiger partial charge < -0.3 is 10.6 Å². The van der Waals surface area contributed by atoms with Crippen molar-refractivity contribution in [2.45, 2.75) is 38.6 Å². The van der Waals surface area contributed by atoms with Gasteiger partial charge in [-0.05, 0) is 55.9 Å². The number of hydrogen-bond acceptors (Lipinski definition) is 3. The third-order valence-corrected chi connectivity index (χ3v) is 4.72. The summed E-state index contributed by atoms with van der Waals surface area (Å²) in [4.78, 5) is 6.74. The minimum absolute atomic E-state index is 0.614. The number of nitrogen functional groups attached to an aromatic ring is 1. The standard InChI is InChI=1S/C17H23N3/c1-12-5-7-13(8-6-12)20(2)16-10-9-15-14(17(16)18)4-3-11-19-15/h3-4,9-13H,5-8,18H2,1-2H3. The van der Waals surface area contributed by atoms with Crippen LogP contribution in [0.3, 0.4) is 0 Å². The zero-order chi connectivity index (χ0) is 14.1. The molecule has 3 heteroatoms. The number of anilines is 2. The lowest BCUT2D eigenvalue weighted by Gasteiger charge is -2.35. The number of nitrogens with two attached hydrogens (primary N) is 1. The maximum absolute atomic E-state index is 6.37. The Labute approximate surface area is 120 Å². The van der Waals surface area contributed by atoms with Gasteiger partial charge in [0.1, 0.15) is 0 Å². The summed E-state index contributed by atoms with van der Waals surface area (Å²) >= 11 is 0. The summed E-state index contributed by atoms with van der Waals surface area (Å²) in [6.45, 7) is 2.35. The zero-order valence-corrected chi connectivity index (χ0v) is 12.3. The highest BCUT2D eigenvalue weighted by atomic mass is 15.1. The Morgan fingerprint density at radius 2 is 1.90 bits per heavy atom. The molecule has 2 aromatic rings. The van der Waals surface area contributed by atoms with E-state index in [4.69, 9.17) is 5.73 Å². The van der Waals surface area contributed by atoms with Crippen molar-refractivity contribution < 1.29 is 0 Å². The van der Waals surface area contributed by atoms with Crippen LogP contribution in [0.15, 0.2) is 30.5 Å². The van der Waals surface area contributed by atoms with E-state index in [1.165, 1.54) is 25.7 Å². The summed E-state index contributed by atoms with van der Waals surface area (Å²) in [7, 11) is 2.18. The van der Waals surface area contributed by atoms with E-state index in [0.29, 0.717) is 6.04 Å². The molecule has 0 radical (unpaired) electrons. The van der Waals surface area contributed by atoms with Crippen molar-refractivity contribution in [3.63, 3.8) is 0 Å². The smallest absolute Gasteiger partial charge is 0.0724 e. The van der Waals surface area contributed by atoms with Crippen LogP contribution in [-0.2, 0) is 0 Å². The van der Waals surface area contributed by atoms with E-state index in [1.807, 2.05) is 12.3 Å². The normalized spacial score (nSPS) is 22.9. The SMILES string of the molecule is CC1CCC(N(C)c2ccc3ncccc3c2N)CC1. The van der Waals surface area contributed by atoms with Crippen LogP contribution in [0.2, 0.25) is 0 Å². The van der Waals surface area contributed by atoms with E-state index in [2.05, 4.69) is 42.1 Å². The third-order valence-electron chi connectivity index (χ3n) is 4.72. The minimum Gasteiger partial charge on any atom is -0.396 e. The molecule has 3 nitrogen and oxygen atoms in total. The highest BCUT2D eigenvalue weighted by Crippen LogP contribution is 2.34. The van der Waals surface area contributed by atoms with Crippen LogP contribution < -0.4 is 10.6 Å². The number of pyridine rings is 1. The Morgan fingerprint density at radius 3 is 2.65 bits per heavy atom. The van der Waals surface area contributed by atoms with Crippen molar-refractivity contribution in [3.05, 3.63) is 30.5 Å². The van der Waals surface area contributed by atoms with Gasteiger partial charge in [-0.15, -0.1) is 0 Å². The van der Waals surface area contributed by atoms with Crippen LogP contribution in [0, 0.1) is 5.92 Å². The highest BCUT2D eigenvalue weighted by molar-refractivity contribution is 5.97. The molecule has 1 aromatic heterocycles. The lowest BCUT2D eigenvalue weighted by Crippen LogP contribution is -2.35. The largest absolute Gasteiger partial charge is 0.396 e. The first kappa shape index (κ1) is 13.2. The molecule has 1 aromatic carbocycles. The zero-order valence-electron chi connectivity index (χ0n) is 12.3. The monoisotopic (exact) mass is 269 g/mol. The number of fused-ring (bicyclic) bond motifs is 1. The predicted molar refractivity (Wildman–Crippen MR) is 86.0 cm³/mol. The second-order valence-corrected chi connectivity index (χ2v) is 6.09. The fraction of sp³-hybridized carbons (Fsp3) is 0.471. The Balaban J connectivity index is 1.91. The molecular formula is C17H23N3. The van der Waals surface area contributed by atoms with Gasteiger partial charge >= 0.3 is 0 Å². The summed E-state index contributed by atoms with van der Waals surface area (Å²) in [5.41, 5.74) is 9.35. The van der Waals surface area contributed by atoms with Gasteiger partial charge in [-0.1, -0.05) is 6.92 Å². The van der Waals surface area contributed by atoms with E-state index >= 15 is 0 Å². The molecular weight excluding hydrogens is 246 g/mol.